The smallest absolute Gasteiger partial charge is 0.193 e. The number of nitrogens with one attached hydrogen (secondary N) is 2. The van der Waals surface area contributed by atoms with Crippen molar-refractivity contribution in [3.05, 3.63) is 76.5 Å². The molecule has 5 heteroatoms. The van der Waals surface area contributed by atoms with Crippen LogP contribution < -0.4 is 10.6 Å². The molecule has 4 nitrogen and oxygen atoms in total. The van der Waals surface area contributed by atoms with Crippen molar-refractivity contribution in [3.63, 3.8) is 0 Å². The predicted molar refractivity (Wildman–Crippen MR) is 97.9 cm³/mol. The topological polar surface area (TPSA) is 61.4 Å². The van der Waals surface area contributed by atoms with Crippen LogP contribution >= 0.6 is 12.2 Å². The molecule has 0 fully saturated rings. The number of carbonyl (C=O) groups excluding carboxylic acids is 1. The number of phenols is 1. The lowest BCUT2D eigenvalue weighted by atomic mass is 9.89. The molecule has 0 aromatic heterocycles. The molecule has 1 atom stereocenters. The van der Waals surface area contributed by atoms with Gasteiger partial charge < -0.3 is 15.7 Å². The van der Waals surface area contributed by atoms with E-state index in [4.69, 9.17) is 12.2 Å². The number of hydrogen-bond donors (Lipinski definition) is 3. The first-order chi connectivity index (χ1) is 11.5. The molecule has 122 valence electrons. The molecule has 24 heavy (non-hydrogen) atoms. The Bertz CT molecular complexity index is 858. The van der Waals surface area contributed by atoms with E-state index in [1.807, 2.05) is 44.2 Å². The summed E-state index contributed by atoms with van der Waals surface area (Å²) in [6.45, 7) is 3.79. The maximum atomic E-state index is 13.1. The summed E-state index contributed by atoms with van der Waals surface area (Å²) in [6, 6.07) is 14.0. The van der Waals surface area contributed by atoms with Gasteiger partial charge >= 0.3 is 0 Å². The maximum Gasteiger partial charge on any atom is 0.193 e. The maximum absolute atomic E-state index is 13.1. The second kappa shape index (κ2) is 6.45. The summed E-state index contributed by atoms with van der Waals surface area (Å²) in [7, 11) is 0. The normalized spacial score (nSPS) is 17.2. The number of ketones is 1. The number of thiocarbonyl (C=S) groups is 1. The van der Waals surface area contributed by atoms with Gasteiger partial charge in [0, 0.05) is 16.8 Å². The number of aromatic hydroxyl groups is 1. The van der Waals surface area contributed by atoms with Crippen LogP contribution in [0, 0.1) is 6.92 Å². The van der Waals surface area contributed by atoms with Gasteiger partial charge in [0.2, 0.25) is 0 Å². The summed E-state index contributed by atoms with van der Waals surface area (Å²) in [6.07, 6.45) is 0. The van der Waals surface area contributed by atoms with Gasteiger partial charge in [-0.15, -0.1) is 0 Å². The van der Waals surface area contributed by atoms with Gasteiger partial charge in [-0.2, -0.15) is 0 Å². The van der Waals surface area contributed by atoms with Gasteiger partial charge in [-0.25, -0.2) is 0 Å². The third-order valence-electron chi connectivity index (χ3n) is 4.00. The van der Waals surface area contributed by atoms with Gasteiger partial charge in [-0.3, -0.25) is 4.79 Å². The zero-order valence-corrected chi connectivity index (χ0v) is 14.3. The number of rotatable bonds is 3. The molecule has 1 aliphatic heterocycles. The van der Waals surface area contributed by atoms with Crippen molar-refractivity contribution < 1.29 is 9.90 Å². The first-order valence-electron chi connectivity index (χ1n) is 7.64. The SMILES string of the molecule is CC1=C(C(=O)c2cccc(C)c2)C(c2cccc(O)c2)NC(=S)N1. The number of allylic oxidation sites excluding steroid dienone is 1. The number of phenolic OH excluding ortho intramolecular Hbond substituents is 1. The highest BCUT2D eigenvalue weighted by Crippen LogP contribution is 2.31. The van der Waals surface area contributed by atoms with E-state index in [9.17, 15) is 9.90 Å². The number of benzene rings is 2. The third-order valence-corrected chi connectivity index (χ3v) is 4.22. The molecule has 0 amide bonds. The van der Waals surface area contributed by atoms with Crippen LogP contribution in [0.25, 0.3) is 0 Å². The minimum atomic E-state index is -0.404. The highest BCUT2D eigenvalue weighted by molar-refractivity contribution is 7.80. The summed E-state index contributed by atoms with van der Waals surface area (Å²) in [5, 5.41) is 16.4. The lowest BCUT2D eigenvalue weighted by Crippen LogP contribution is -2.44. The van der Waals surface area contributed by atoms with Crippen LogP contribution in [-0.4, -0.2) is 16.0 Å². The predicted octanol–water partition coefficient (Wildman–Crippen LogP) is 3.38. The van der Waals surface area contributed by atoms with Gasteiger partial charge in [-0.05, 0) is 49.8 Å². The van der Waals surface area contributed by atoms with E-state index in [1.165, 1.54) is 0 Å². The lowest BCUT2D eigenvalue weighted by Gasteiger charge is -2.30. The van der Waals surface area contributed by atoms with Crippen molar-refractivity contribution in [1.82, 2.24) is 10.6 Å². The fourth-order valence-electron chi connectivity index (χ4n) is 2.89. The van der Waals surface area contributed by atoms with Crippen molar-refractivity contribution in [3.8, 4) is 5.75 Å². The van der Waals surface area contributed by atoms with Crippen LogP contribution in [0.5, 0.6) is 5.75 Å². The molecule has 3 N–H and O–H groups in total. The van der Waals surface area contributed by atoms with Crippen LogP contribution in [0.3, 0.4) is 0 Å². The lowest BCUT2D eigenvalue weighted by molar-refractivity contribution is 0.102. The molecule has 1 aliphatic rings. The first-order valence-corrected chi connectivity index (χ1v) is 8.05. The fraction of sp³-hybridized carbons (Fsp3) is 0.158. The number of Topliss-reactive ketones (excluding diaryl/α,β-unsaturated/α-hetero) is 1. The van der Waals surface area contributed by atoms with E-state index in [2.05, 4.69) is 10.6 Å². The Kier molecular flexibility index (Phi) is 4.36. The summed E-state index contributed by atoms with van der Waals surface area (Å²) >= 11 is 5.24. The van der Waals surface area contributed by atoms with Crippen molar-refractivity contribution in [1.29, 1.82) is 0 Å². The minimum Gasteiger partial charge on any atom is -0.508 e. The molecule has 2 aromatic carbocycles. The zero-order chi connectivity index (χ0) is 17.3. The summed E-state index contributed by atoms with van der Waals surface area (Å²) in [5.74, 6) is 0.0887. The minimum absolute atomic E-state index is 0.0629. The molecule has 0 bridgehead atoms. The average Bonchev–Trinajstić information content (AvgIpc) is 2.53. The molecule has 0 spiro atoms. The molecule has 2 aromatic rings. The molecule has 0 aliphatic carbocycles. The Morgan fingerprint density at radius 3 is 2.58 bits per heavy atom. The molecule has 0 radical (unpaired) electrons. The Morgan fingerprint density at radius 1 is 1.12 bits per heavy atom. The molecule has 0 saturated heterocycles. The van der Waals surface area contributed by atoms with E-state index in [1.54, 1.807) is 18.2 Å². The van der Waals surface area contributed by atoms with Crippen molar-refractivity contribution in [2.45, 2.75) is 19.9 Å². The molecular formula is C19H18N2O2S. The highest BCUT2D eigenvalue weighted by atomic mass is 32.1. The number of carbonyl (C=O) groups is 1. The van der Waals surface area contributed by atoms with E-state index in [0.717, 1.165) is 16.8 Å². The highest BCUT2D eigenvalue weighted by Gasteiger charge is 2.30. The third kappa shape index (κ3) is 3.16. The summed E-state index contributed by atoms with van der Waals surface area (Å²) in [4.78, 5) is 13.1. The van der Waals surface area contributed by atoms with Crippen LogP contribution in [0.4, 0.5) is 0 Å². The summed E-state index contributed by atoms with van der Waals surface area (Å²) in [5.41, 5.74) is 3.76. The number of aryl methyl sites for hydroxylation is 1. The monoisotopic (exact) mass is 338 g/mol. The van der Waals surface area contributed by atoms with Crippen LogP contribution in [0.2, 0.25) is 0 Å². The first kappa shape index (κ1) is 16.2. The van der Waals surface area contributed by atoms with Gasteiger partial charge in [0.25, 0.3) is 0 Å². The Labute approximate surface area is 146 Å². The molecule has 0 saturated carbocycles. The second-order valence-corrected chi connectivity index (χ2v) is 6.27. The molecular weight excluding hydrogens is 320 g/mol. The largest absolute Gasteiger partial charge is 0.508 e. The fourth-order valence-corrected chi connectivity index (χ4v) is 3.16. The van der Waals surface area contributed by atoms with Crippen LogP contribution in [0.15, 0.2) is 59.8 Å². The molecule has 1 heterocycles. The Morgan fingerprint density at radius 2 is 1.88 bits per heavy atom. The van der Waals surface area contributed by atoms with Gasteiger partial charge in [0.1, 0.15) is 5.75 Å². The second-order valence-electron chi connectivity index (χ2n) is 5.86. The van der Waals surface area contributed by atoms with E-state index < -0.39 is 6.04 Å². The van der Waals surface area contributed by atoms with Crippen LogP contribution in [0.1, 0.15) is 34.5 Å². The van der Waals surface area contributed by atoms with Crippen LogP contribution in [-0.2, 0) is 0 Å². The average molecular weight is 338 g/mol. The van der Waals surface area contributed by atoms with Gasteiger partial charge in [0.15, 0.2) is 10.9 Å². The van der Waals surface area contributed by atoms with Crippen molar-refractivity contribution >= 4 is 23.1 Å². The molecule has 3 rings (SSSR count). The Hall–Kier alpha value is -2.66. The Balaban J connectivity index is 2.08. The molecule has 1 unspecified atom stereocenters. The summed E-state index contributed by atoms with van der Waals surface area (Å²) < 4.78 is 0. The standard InChI is InChI=1S/C19H18N2O2S/c1-11-5-3-7-14(9-11)18(23)16-12(2)20-19(24)21-17(16)13-6-4-8-15(22)10-13/h3-10,17,22H,1-2H3,(H2,20,21,24). The van der Waals surface area contributed by atoms with E-state index in [-0.39, 0.29) is 11.5 Å². The van der Waals surface area contributed by atoms with Crippen molar-refractivity contribution in [2.75, 3.05) is 0 Å². The van der Waals surface area contributed by atoms with Crippen molar-refractivity contribution in [2.24, 2.45) is 0 Å². The van der Waals surface area contributed by atoms with Gasteiger partial charge in [-0.1, -0.05) is 35.9 Å². The van der Waals surface area contributed by atoms with E-state index >= 15 is 0 Å². The quantitative estimate of drug-likeness (QED) is 0.592. The zero-order valence-electron chi connectivity index (χ0n) is 13.5. The number of hydrogen-bond acceptors (Lipinski definition) is 3. The van der Waals surface area contributed by atoms with E-state index in [0.29, 0.717) is 16.2 Å². The van der Waals surface area contributed by atoms with Gasteiger partial charge in [0.05, 0.1) is 6.04 Å².